The van der Waals surface area contributed by atoms with Crippen molar-refractivity contribution in [1.82, 2.24) is 0 Å². The SMILES string of the molecule is CC.Cc1cc(B2OC(C)(C)C(C)(C)O2)ccc1N. The number of aryl methyl sites for hydroxylation is 1. The maximum atomic E-state index is 5.98. The summed E-state index contributed by atoms with van der Waals surface area (Å²) in [5, 5.41) is 0. The summed E-state index contributed by atoms with van der Waals surface area (Å²) in [4.78, 5) is 0. The number of rotatable bonds is 1. The monoisotopic (exact) mass is 263 g/mol. The Labute approximate surface area is 117 Å². The Morgan fingerprint density at radius 2 is 1.47 bits per heavy atom. The lowest BCUT2D eigenvalue weighted by molar-refractivity contribution is 0.00578. The van der Waals surface area contributed by atoms with Gasteiger partial charge in [0.25, 0.3) is 0 Å². The summed E-state index contributed by atoms with van der Waals surface area (Å²) in [6.45, 7) is 14.2. The molecule has 1 heterocycles. The Morgan fingerprint density at radius 1 is 1.00 bits per heavy atom. The van der Waals surface area contributed by atoms with Crippen LogP contribution in [-0.2, 0) is 9.31 Å². The number of hydrogen-bond acceptors (Lipinski definition) is 3. The molecular formula is C15H26BNO2. The quantitative estimate of drug-likeness (QED) is 0.626. The third-order valence-electron chi connectivity index (χ3n) is 3.82. The lowest BCUT2D eigenvalue weighted by Crippen LogP contribution is -2.41. The van der Waals surface area contributed by atoms with Crippen molar-refractivity contribution >= 4 is 18.3 Å². The first-order valence-corrected chi connectivity index (χ1v) is 6.95. The topological polar surface area (TPSA) is 44.5 Å². The van der Waals surface area contributed by atoms with E-state index in [0.29, 0.717) is 0 Å². The van der Waals surface area contributed by atoms with E-state index in [1.807, 2.05) is 39.0 Å². The minimum atomic E-state index is -0.306. The van der Waals surface area contributed by atoms with Crippen molar-refractivity contribution in [3.8, 4) is 0 Å². The molecule has 1 aliphatic heterocycles. The molecule has 106 valence electrons. The van der Waals surface area contributed by atoms with Crippen LogP contribution in [0.5, 0.6) is 0 Å². The van der Waals surface area contributed by atoms with Crippen LogP contribution in [-0.4, -0.2) is 18.3 Å². The van der Waals surface area contributed by atoms with Crippen LogP contribution in [0.25, 0.3) is 0 Å². The van der Waals surface area contributed by atoms with Crippen LogP contribution in [0.4, 0.5) is 5.69 Å². The summed E-state index contributed by atoms with van der Waals surface area (Å²) < 4.78 is 12.0. The Hall–Kier alpha value is -0.995. The van der Waals surface area contributed by atoms with Gasteiger partial charge in [0.15, 0.2) is 0 Å². The van der Waals surface area contributed by atoms with Crippen LogP contribution in [0.1, 0.15) is 47.1 Å². The summed E-state index contributed by atoms with van der Waals surface area (Å²) in [5.41, 5.74) is 8.09. The van der Waals surface area contributed by atoms with Gasteiger partial charge in [-0.25, -0.2) is 0 Å². The summed E-state index contributed by atoms with van der Waals surface area (Å²) >= 11 is 0. The Morgan fingerprint density at radius 3 is 1.89 bits per heavy atom. The number of anilines is 1. The molecule has 1 aliphatic rings. The molecule has 0 bridgehead atoms. The van der Waals surface area contributed by atoms with E-state index >= 15 is 0 Å². The van der Waals surface area contributed by atoms with E-state index < -0.39 is 0 Å². The zero-order valence-corrected chi connectivity index (χ0v) is 13.2. The smallest absolute Gasteiger partial charge is 0.399 e. The standard InChI is InChI=1S/C13H20BNO2.C2H6/c1-9-8-10(6-7-11(9)15)14-16-12(2,3)13(4,5)17-14;1-2/h6-8H,15H2,1-5H3;1-2H3. The van der Waals surface area contributed by atoms with Crippen LogP contribution in [0.2, 0.25) is 0 Å². The van der Waals surface area contributed by atoms with E-state index in [2.05, 4.69) is 27.7 Å². The molecule has 1 aromatic rings. The van der Waals surface area contributed by atoms with Gasteiger partial charge >= 0.3 is 7.12 Å². The largest absolute Gasteiger partial charge is 0.494 e. The third-order valence-corrected chi connectivity index (χ3v) is 3.82. The predicted octanol–water partition coefficient (Wildman–Crippen LogP) is 2.90. The van der Waals surface area contributed by atoms with Crippen molar-refractivity contribution in [2.24, 2.45) is 0 Å². The molecular weight excluding hydrogens is 237 g/mol. The van der Waals surface area contributed by atoms with Crippen LogP contribution >= 0.6 is 0 Å². The van der Waals surface area contributed by atoms with Gasteiger partial charge < -0.3 is 15.0 Å². The van der Waals surface area contributed by atoms with Gasteiger partial charge in [-0.1, -0.05) is 26.0 Å². The molecule has 1 aromatic carbocycles. The van der Waals surface area contributed by atoms with Gasteiger partial charge in [0, 0.05) is 5.69 Å². The average molecular weight is 263 g/mol. The lowest BCUT2D eigenvalue weighted by atomic mass is 9.78. The molecule has 3 nitrogen and oxygen atoms in total. The maximum absolute atomic E-state index is 5.98. The average Bonchev–Trinajstić information content (AvgIpc) is 2.55. The Bertz CT molecular complexity index is 428. The van der Waals surface area contributed by atoms with Gasteiger partial charge in [0.2, 0.25) is 0 Å². The van der Waals surface area contributed by atoms with Gasteiger partial charge in [0.05, 0.1) is 11.2 Å². The molecule has 4 heteroatoms. The van der Waals surface area contributed by atoms with E-state index in [1.54, 1.807) is 0 Å². The number of hydrogen-bond donors (Lipinski definition) is 1. The Kier molecular flexibility index (Phi) is 4.69. The minimum absolute atomic E-state index is 0.299. The molecule has 0 saturated carbocycles. The highest BCUT2D eigenvalue weighted by molar-refractivity contribution is 6.62. The van der Waals surface area contributed by atoms with E-state index in [9.17, 15) is 0 Å². The summed E-state index contributed by atoms with van der Waals surface area (Å²) in [5.74, 6) is 0. The number of benzene rings is 1. The highest BCUT2D eigenvalue weighted by atomic mass is 16.7. The van der Waals surface area contributed by atoms with Crippen LogP contribution in [0.3, 0.4) is 0 Å². The van der Waals surface area contributed by atoms with Gasteiger partial charge in [-0.3, -0.25) is 0 Å². The predicted molar refractivity (Wildman–Crippen MR) is 82.7 cm³/mol. The first kappa shape index (κ1) is 16.1. The lowest BCUT2D eigenvalue weighted by Gasteiger charge is -2.32. The molecule has 0 atom stereocenters. The van der Waals surface area contributed by atoms with E-state index in [-0.39, 0.29) is 18.3 Å². The number of nitrogens with two attached hydrogens (primary N) is 1. The first-order valence-electron chi connectivity index (χ1n) is 6.95. The molecule has 1 fully saturated rings. The molecule has 0 radical (unpaired) electrons. The molecule has 19 heavy (non-hydrogen) atoms. The normalized spacial score (nSPS) is 19.8. The van der Waals surface area contributed by atoms with Gasteiger partial charge in [-0.05, 0) is 51.7 Å². The van der Waals surface area contributed by atoms with Gasteiger partial charge in [0.1, 0.15) is 0 Å². The second-order valence-corrected chi connectivity index (χ2v) is 5.70. The second-order valence-electron chi connectivity index (χ2n) is 5.70. The molecule has 0 spiro atoms. The van der Waals surface area contributed by atoms with Crippen LogP contribution in [0.15, 0.2) is 18.2 Å². The van der Waals surface area contributed by atoms with E-state index in [1.165, 1.54) is 0 Å². The molecule has 0 aromatic heterocycles. The van der Waals surface area contributed by atoms with Crippen molar-refractivity contribution in [3.05, 3.63) is 23.8 Å². The minimum Gasteiger partial charge on any atom is -0.399 e. The van der Waals surface area contributed by atoms with Crippen molar-refractivity contribution < 1.29 is 9.31 Å². The van der Waals surface area contributed by atoms with Gasteiger partial charge in [-0.2, -0.15) is 0 Å². The first-order chi connectivity index (χ1) is 8.73. The van der Waals surface area contributed by atoms with Crippen molar-refractivity contribution in [3.63, 3.8) is 0 Å². The second kappa shape index (κ2) is 5.55. The highest BCUT2D eigenvalue weighted by Crippen LogP contribution is 2.36. The molecule has 0 unspecified atom stereocenters. The molecule has 0 amide bonds. The zero-order chi connectivity index (χ0) is 14.8. The van der Waals surface area contributed by atoms with Crippen molar-refractivity contribution in [2.45, 2.75) is 59.7 Å². The third kappa shape index (κ3) is 3.12. The highest BCUT2D eigenvalue weighted by Gasteiger charge is 2.51. The van der Waals surface area contributed by atoms with Crippen molar-refractivity contribution in [2.75, 3.05) is 5.73 Å². The molecule has 2 rings (SSSR count). The van der Waals surface area contributed by atoms with Crippen LogP contribution < -0.4 is 11.2 Å². The van der Waals surface area contributed by atoms with E-state index in [0.717, 1.165) is 16.7 Å². The van der Waals surface area contributed by atoms with E-state index in [4.69, 9.17) is 15.0 Å². The fraction of sp³-hybridized carbons (Fsp3) is 0.600. The number of nitrogen functional groups attached to an aromatic ring is 1. The zero-order valence-electron chi connectivity index (χ0n) is 13.2. The summed E-state index contributed by atoms with van der Waals surface area (Å²) in [7, 11) is -0.306. The summed E-state index contributed by atoms with van der Waals surface area (Å²) in [6.07, 6.45) is 0. The fourth-order valence-electron chi connectivity index (χ4n) is 1.82. The van der Waals surface area contributed by atoms with Crippen molar-refractivity contribution in [1.29, 1.82) is 0 Å². The maximum Gasteiger partial charge on any atom is 0.494 e. The van der Waals surface area contributed by atoms with Gasteiger partial charge in [-0.15, -0.1) is 0 Å². The molecule has 1 saturated heterocycles. The molecule has 0 aliphatic carbocycles. The molecule has 2 N–H and O–H groups in total. The summed E-state index contributed by atoms with van der Waals surface area (Å²) in [6, 6.07) is 5.89. The fourth-order valence-corrected chi connectivity index (χ4v) is 1.82. The Balaban J connectivity index is 0.000000861. The van der Waals surface area contributed by atoms with Crippen LogP contribution in [0, 0.1) is 6.92 Å².